The molecule has 0 aliphatic rings. The lowest BCUT2D eigenvalue weighted by molar-refractivity contribution is 0.414. The average molecular weight is 357 g/mol. The molecule has 136 valence electrons. The van der Waals surface area contributed by atoms with Crippen molar-refractivity contribution >= 4 is 17.3 Å². The molecular formula is C24H23NO2. The molecule has 27 heavy (non-hydrogen) atoms. The van der Waals surface area contributed by atoms with Gasteiger partial charge >= 0.3 is 0 Å². The first-order chi connectivity index (χ1) is 13.2. The summed E-state index contributed by atoms with van der Waals surface area (Å²) in [5, 5.41) is 0. The Bertz CT molecular complexity index is 872. The van der Waals surface area contributed by atoms with Gasteiger partial charge in [0, 0.05) is 5.69 Å². The SMILES string of the molecule is COc1ccc(C(=C/C=C/c2ccc(N)cc2)c2ccc(OC)cc2)cc1. The number of methoxy groups -OCH3 is 2. The number of benzene rings is 3. The molecule has 2 N–H and O–H groups in total. The molecule has 0 amide bonds. The zero-order valence-electron chi connectivity index (χ0n) is 15.6. The highest BCUT2D eigenvalue weighted by molar-refractivity contribution is 5.82. The summed E-state index contributed by atoms with van der Waals surface area (Å²) < 4.78 is 10.5. The molecule has 3 aromatic rings. The number of nitrogens with two attached hydrogens (primary N) is 1. The Morgan fingerprint density at radius 1 is 0.704 bits per heavy atom. The predicted molar refractivity (Wildman–Crippen MR) is 113 cm³/mol. The molecule has 3 rings (SSSR count). The van der Waals surface area contributed by atoms with Gasteiger partial charge in [-0.3, -0.25) is 0 Å². The molecule has 0 fully saturated rings. The normalized spacial score (nSPS) is 10.6. The second kappa shape index (κ2) is 8.77. The van der Waals surface area contributed by atoms with Crippen LogP contribution >= 0.6 is 0 Å². The third-order valence-electron chi connectivity index (χ3n) is 4.29. The Morgan fingerprint density at radius 2 is 1.19 bits per heavy atom. The van der Waals surface area contributed by atoms with E-state index in [1.165, 1.54) is 0 Å². The molecule has 0 heterocycles. The Balaban J connectivity index is 1.95. The molecule has 3 nitrogen and oxygen atoms in total. The van der Waals surface area contributed by atoms with Crippen molar-refractivity contribution in [3.63, 3.8) is 0 Å². The molecule has 3 heteroatoms. The lowest BCUT2D eigenvalue weighted by Gasteiger charge is -2.10. The molecule has 0 aliphatic carbocycles. The van der Waals surface area contributed by atoms with Gasteiger partial charge in [0.05, 0.1) is 14.2 Å². The second-order valence-electron chi connectivity index (χ2n) is 6.06. The highest BCUT2D eigenvalue weighted by Crippen LogP contribution is 2.27. The van der Waals surface area contributed by atoms with Crippen LogP contribution < -0.4 is 15.2 Å². The summed E-state index contributed by atoms with van der Waals surface area (Å²) in [5.41, 5.74) is 11.0. The molecule has 0 spiro atoms. The van der Waals surface area contributed by atoms with E-state index in [9.17, 15) is 0 Å². The maximum Gasteiger partial charge on any atom is 0.118 e. The molecule has 0 aromatic heterocycles. The average Bonchev–Trinajstić information content (AvgIpc) is 2.73. The Hall–Kier alpha value is -3.46. The summed E-state index contributed by atoms with van der Waals surface area (Å²) >= 11 is 0. The summed E-state index contributed by atoms with van der Waals surface area (Å²) in [6, 6.07) is 23.9. The maximum atomic E-state index is 5.75. The zero-order valence-corrected chi connectivity index (χ0v) is 15.6. The minimum absolute atomic E-state index is 0.764. The summed E-state index contributed by atoms with van der Waals surface area (Å²) in [4.78, 5) is 0. The van der Waals surface area contributed by atoms with Crippen molar-refractivity contribution in [2.24, 2.45) is 0 Å². The molecule has 0 unspecified atom stereocenters. The van der Waals surface area contributed by atoms with Crippen LogP contribution in [0.4, 0.5) is 5.69 Å². The highest BCUT2D eigenvalue weighted by Gasteiger charge is 2.05. The third kappa shape index (κ3) is 4.79. The van der Waals surface area contributed by atoms with Gasteiger partial charge in [0.15, 0.2) is 0 Å². The van der Waals surface area contributed by atoms with E-state index in [-0.39, 0.29) is 0 Å². The van der Waals surface area contributed by atoms with Gasteiger partial charge in [0.25, 0.3) is 0 Å². The van der Waals surface area contributed by atoms with Crippen molar-refractivity contribution in [3.8, 4) is 11.5 Å². The van der Waals surface area contributed by atoms with E-state index in [1.54, 1.807) is 14.2 Å². The van der Waals surface area contributed by atoms with Gasteiger partial charge in [0.1, 0.15) is 11.5 Å². The summed E-state index contributed by atoms with van der Waals surface area (Å²) in [6.07, 6.45) is 6.22. The first-order valence-corrected chi connectivity index (χ1v) is 8.72. The molecule has 0 atom stereocenters. The van der Waals surface area contributed by atoms with Crippen LogP contribution in [-0.2, 0) is 0 Å². The highest BCUT2D eigenvalue weighted by atomic mass is 16.5. The summed E-state index contributed by atoms with van der Waals surface area (Å²) in [5.74, 6) is 1.68. The van der Waals surface area contributed by atoms with E-state index in [0.717, 1.165) is 39.4 Å². The molecule has 3 aromatic carbocycles. The quantitative estimate of drug-likeness (QED) is 0.472. The van der Waals surface area contributed by atoms with Crippen LogP contribution in [0.15, 0.2) is 84.9 Å². The fourth-order valence-corrected chi connectivity index (χ4v) is 2.76. The van der Waals surface area contributed by atoms with Crippen LogP contribution in [0.25, 0.3) is 11.6 Å². The number of nitrogen functional groups attached to an aromatic ring is 1. The molecular weight excluding hydrogens is 334 g/mol. The monoisotopic (exact) mass is 357 g/mol. The second-order valence-corrected chi connectivity index (χ2v) is 6.06. The van der Waals surface area contributed by atoms with Gasteiger partial charge in [-0.05, 0) is 58.7 Å². The van der Waals surface area contributed by atoms with E-state index in [4.69, 9.17) is 15.2 Å². The molecule has 0 saturated heterocycles. The Morgan fingerprint density at radius 3 is 1.63 bits per heavy atom. The molecule has 0 aliphatic heterocycles. The molecule has 0 radical (unpaired) electrons. The number of rotatable bonds is 6. The fraction of sp³-hybridized carbons (Fsp3) is 0.0833. The number of ether oxygens (including phenoxy) is 2. The third-order valence-corrected chi connectivity index (χ3v) is 4.29. The number of hydrogen-bond acceptors (Lipinski definition) is 3. The summed E-state index contributed by atoms with van der Waals surface area (Å²) in [6.45, 7) is 0. The molecule has 0 bridgehead atoms. The smallest absolute Gasteiger partial charge is 0.118 e. The lowest BCUT2D eigenvalue weighted by atomic mass is 9.97. The zero-order chi connectivity index (χ0) is 19.1. The van der Waals surface area contributed by atoms with E-state index < -0.39 is 0 Å². The maximum absolute atomic E-state index is 5.75. The van der Waals surface area contributed by atoms with Gasteiger partial charge in [0.2, 0.25) is 0 Å². The first-order valence-electron chi connectivity index (χ1n) is 8.72. The number of allylic oxidation sites excluding steroid dienone is 2. The van der Waals surface area contributed by atoms with E-state index in [0.29, 0.717) is 0 Å². The van der Waals surface area contributed by atoms with Gasteiger partial charge in [-0.2, -0.15) is 0 Å². The van der Waals surface area contributed by atoms with Crippen molar-refractivity contribution in [1.29, 1.82) is 0 Å². The molecule has 0 saturated carbocycles. The van der Waals surface area contributed by atoms with Gasteiger partial charge in [-0.25, -0.2) is 0 Å². The van der Waals surface area contributed by atoms with Gasteiger partial charge in [-0.1, -0.05) is 54.6 Å². The van der Waals surface area contributed by atoms with E-state index >= 15 is 0 Å². The number of hydrogen-bond donors (Lipinski definition) is 1. The fourth-order valence-electron chi connectivity index (χ4n) is 2.76. The van der Waals surface area contributed by atoms with Crippen molar-refractivity contribution in [2.75, 3.05) is 20.0 Å². The van der Waals surface area contributed by atoms with E-state index in [2.05, 4.69) is 42.5 Å². The van der Waals surface area contributed by atoms with Crippen LogP contribution in [0, 0.1) is 0 Å². The van der Waals surface area contributed by atoms with Crippen LogP contribution in [0.3, 0.4) is 0 Å². The van der Waals surface area contributed by atoms with Crippen LogP contribution in [0.2, 0.25) is 0 Å². The van der Waals surface area contributed by atoms with Crippen molar-refractivity contribution in [2.45, 2.75) is 0 Å². The predicted octanol–water partition coefficient (Wildman–Crippen LogP) is 5.43. The lowest BCUT2D eigenvalue weighted by Crippen LogP contribution is -1.90. The topological polar surface area (TPSA) is 44.5 Å². The van der Waals surface area contributed by atoms with E-state index in [1.807, 2.05) is 48.5 Å². The van der Waals surface area contributed by atoms with Crippen molar-refractivity contribution in [1.82, 2.24) is 0 Å². The van der Waals surface area contributed by atoms with Gasteiger partial charge < -0.3 is 15.2 Å². The largest absolute Gasteiger partial charge is 0.497 e. The number of anilines is 1. The van der Waals surface area contributed by atoms with Gasteiger partial charge in [-0.15, -0.1) is 0 Å². The van der Waals surface area contributed by atoms with Crippen LogP contribution in [-0.4, -0.2) is 14.2 Å². The summed E-state index contributed by atoms with van der Waals surface area (Å²) in [7, 11) is 3.34. The standard InChI is InChI=1S/C24H23NO2/c1-26-22-14-8-19(9-15-22)24(20-10-16-23(27-2)17-11-20)5-3-4-18-6-12-21(25)13-7-18/h3-17H,25H2,1-2H3/b4-3+. The van der Waals surface area contributed by atoms with Crippen LogP contribution in [0.1, 0.15) is 16.7 Å². The van der Waals surface area contributed by atoms with Crippen LogP contribution in [0.5, 0.6) is 11.5 Å². The minimum atomic E-state index is 0.764. The Kier molecular flexibility index (Phi) is 5.95. The first kappa shape index (κ1) is 18.3. The van der Waals surface area contributed by atoms with Crippen molar-refractivity contribution < 1.29 is 9.47 Å². The van der Waals surface area contributed by atoms with Crippen molar-refractivity contribution in [3.05, 3.63) is 102 Å². The Labute approximate surface area is 160 Å². The minimum Gasteiger partial charge on any atom is -0.497 e.